The maximum atomic E-state index is 6.26. The molecular formula is C25H26Cl2N4. The average molecular weight is 453 g/mol. The van der Waals surface area contributed by atoms with Gasteiger partial charge < -0.3 is 15.2 Å². The van der Waals surface area contributed by atoms with Crippen molar-refractivity contribution in [2.24, 2.45) is 0 Å². The van der Waals surface area contributed by atoms with E-state index in [1.165, 1.54) is 33.3 Å². The van der Waals surface area contributed by atoms with Gasteiger partial charge in [-0.1, -0.05) is 48.0 Å². The van der Waals surface area contributed by atoms with Crippen molar-refractivity contribution >= 4 is 46.5 Å². The SMILES string of the molecule is Cc1c(C)n(Cc2cccc(Cl)c2)c2c(N3CCc4ccccc4C3)nc(N)cc12.Cl. The van der Waals surface area contributed by atoms with Crippen LogP contribution in [0.2, 0.25) is 5.02 Å². The number of hydrogen-bond donors (Lipinski definition) is 1. The zero-order valence-corrected chi connectivity index (χ0v) is 19.3. The van der Waals surface area contributed by atoms with Gasteiger partial charge in [-0.15, -0.1) is 12.4 Å². The van der Waals surface area contributed by atoms with Crippen LogP contribution in [0.3, 0.4) is 0 Å². The number of nitrogens with zero attached hydrogens (tertiary/aromatic N) is 3. The highest BCUT2D eigenvalue weighted by molar-refractivity contribution is 6.30. The number of halogens is 2. The van der Waals surface area contributed by atoms with Crippen LogP contribution in [0.5, 0.6) is 0 Å². The van der Waals surface area contributed by atoms with Gasteiger partial charge >= 0.3 is 0 Å². The molecule has 0 saturated heterocycles. The number of hydrogen-bond acceptors (Lipinski definition) is 3. The molecule has 0 radical (unpaired) electrons. The first kappa shape index (κ1) is 21.5. The summed E-state index contributed by atoms with van der Waals surface area (Å²) in [5, 5.41) is 1.93. The average Bonchev–Trinajstić information content (AvgIpc) is 2.98. The van der Waals surface area contributed by atoms with Crippen molar-refractivity contribution in [3.05, 3.63) is 87.6 Å². The Labute approximate surface area is 194 Å². The molecule has 2 N–H and O–H groups in total. The lowest BCUT2D eigenvalue weighted by atomic mass is 10.00. The molecule has 2 aromatic carbocycles. The zero-order chi connectivity index (χ0) is 20.8. The van der Waals surface area contributed by atoms with E-state index in [0.29, 0.717) is 5.82 Å². The minimum absolute atomic E-state index is 0. The second kappa shape index (κ2) is 8.45. The summed E-state index contributed by atoms with van der Waals surface area (Å²) >= 11 is 6.25. The van der Waals surface area contributed by atoms with Crippen LogP contribution in [-0.2, 0) is 19.5 Å². The highest BCUT2D eigenvalue weighted by atomic mass is 35.5. The van der Waals surface area contributed by atoms with Crippen molar-refractivity contribution < 1.29 is 0 Å². The van der Waals surface area contributed by atoms with Crippen LogP contribution in [0.1, 0.15) is 27.9 Å². The summed E-state index contributed by atoms with van der Waals surface area (Å²) in [4.78, 5) is 7.20. The van der Waals surface area contributed by atoms with Crippen LogP contribution < -0.4 is 10.6 Å². The van der Waals surface area contributed by atoms with Crippen molar-refractivity contribution in [1.82, 2.24) is 9.55 Å². The van der Waals surface area contributed by atoms with Crippen molar-refractivity contribution in [3.8, 4) is 0 Å². The Morgan fingerprint density at radius 1 is 1.03 bits per heavy atom. The Hall–Kier alpha value is -2.69. The maximum Gasteiger partial charge on any atom is 0.155 e. The van der Waals surface area contributed by atoms with Crippen LogP contribution >= 0.6 is 24.0 Å². The molecular weight excluding hydrogens is 427 g/mol. The van der Waals surface area contributed by atoms with E-state index in [1.54, 1.807) is 0 Å². The molecule has 0 amide bonds. The van der Waals surface area contributed by atoms with Gasteiger partial charge in [0.15, 0.2) is 5.82 Å². The lowest BCUT2D eigenvalue weighted by molar-refractivity contribution is 0.718. The maximum absolute atomic E-state index is 6.26. The van der Waals surface area contributed by atoms with Gasteiger partial charge in [0.25, 0.3) is 0 Å². The predicted octanol–water partition coefficient (Wildman–Crippen LogP) is 5.92. The topological polar surface area (TPSA) is 47.1 Å². The second-order valence-corrected chi connectivity index (χ2v) is 8.57. The first-order chi connectivity index (χ1) is 14.5. The molecule has 0 unspecified atom stereocenters. The fourth-order valence-electron chi connectivity index (χ4n) is 4.57. The van der Waals surface area contributed by atoms with Gasteiger partial charge in [0.1, 0.15) is 5.82 Å². The standard InChI is InChI=1S/C25H25ClN4.ClH/c1-16-17(2)30(14-18-6-5-9-21(26)12-18)24-22(16)13-23(27)28-25(24)29-11-10-19-7-3-4-8-20(19)15-29;/h3-9,12-13H,10-11,14-15H2,1-2H3,(H2,27,28);1H. The third kappa shape index (κ3) is 3.86. The third-order valence-corrected chi connectivity index (χ3v) is 6.51. The van der Waals surface area contributed by atoms with Crippen LogP contribution in [0.15, 0.2) is 54.6 Å². The molecule has 6 heteroatoms. The number of pyridine rings is 1. The fraction of sp³-hybridized carbons (Fsp3) is 0.240. The fourth-order valence-corrected chi connectivity index (χ4v) is 4.79. The van der Waals surface area contributed by atoms with Gasteiger partial charge in [-0.3, -0.25) is 0 Å². The number of anilines is 2. The van der Waals surface area contributed by atoms with Crippen molar-refractivity contribution in [2.75, 3.05) is 17.2 Å². The summed E-state index contributed by atoms with van der Waals surface area (Å²) in [6, 6.07) is 18.7. The molecule has 4 aromatic rings. The number of rotatable bonds is 3. The Balaban J connectivity index is 0.00000231. The summed E-state index contributed by atoms with van der Waals surface area (Å²) < 4.78 is 2.36. The Morgan fingerprint density at radius 2 is 1.81 bits per heavy atom. The number of nitrogen functional groups attached to an aromatic ring is 1. The largest absolute Gasteiger partial charge is 0.384 e. The molecule has 0 bridgehead atoms. The molecule has 4 nitrogen and oxygen atoms in total. The molecule has 0 saturated carbocycles. The second-order valence-electron chi connectivity index (χ2n) is 8.13. The van der Waals surface area contributed by atoms with E-state index in [2.05, 4.69) is 53.6 Å². The number of fused-ring (bicyclic) bond motifs is 2. The molecule has 0 fully saturated rings. The molecule has 1 aliphatic heterocycles. The van der Waals surface area contributed by atoms with Crippen LogP contribution in [-0.4, -0.2) is 16.1 Å². The van der Waals surface area contributed by atoms with Gasteiger partial charge in [0.2, 0.25) is 0 Å². The van der Waals surface area contributed by atoms with Gasteiger partial charge in [-0.05, 0) is 60.7 Å². The molecule has 1 aliphatic rings. The van der Waals surface area contributed by atoms with Gasteiger partial charge in [0, 0.05) is 35.7 Å². The smallest absolute Gasteiger partial charge is 0.155 e. The highest BCUT2D eigenvalue weighted by Gasteiger charge is 2.23. The minimum atomic E-state index is 0. The number of aromatic nitrogens is 2. The summed E-state index contributed by atoms with van der Waals surface area (Å²) in [7, 11) is 0. The quantitative estimate of drug-likeness (QED) is 0.419. The molecule has 0 atom stereocenters. The zero-order valence-electron chi connectivity index (χ0n) is 17.7. The number of aryl methyl sites for hydroxylation is 1. The number of nitrogens with two attached hydrogens (primary N) is 1. The predicted molar refractivity (Wildman–Crippen MR) is 133 cm³/mol. The van der Waals surface area contributed by atoms with Gasteiger partial charge in [0.05, 0.1) is 5.52 Å². The first-order valence-corrected chi connectivity index (χ1v) is 10.7. The van der Waals surface area contributed by atoms with E-state index in [4.69, 9.17) is 22.3 Å². The van der Waals surface area contributed by atoms with Crippen LogP contribution in [0.4, 0.5) is 11.6 Å². The summed E-state index contributed by atoms with van der Waals surface area (Å²) in [5.74, 6) is 1.54. The molecule has 5 rings (SSSR count). The lowest BCUT2D eigenvalue weighted by Gasteiger charge is -2.31. The molecule has 3 heterocycles. The van der Waals surface area contributed by atoms with Gasteiger partial charge in [-0.25, -0.2) is 4.98 Å². The van der Waals surface area contributed by atoms with E-state index in [9.17, 15) is 0 Å². The van der Waals surface area contributed by atoms with Crippen molar-refractivity contribution in [3.63, 3.8) is 0 Å². The van der Waals surface area contributed by atoms with E-state index in [-0.39, 0.29) is 12.4 Å². The summed E-state index contributed by atoms with van der Waals surface area (Å²) in [6.45, 7) is 6.87. The Bertz CT molecular complexity index is 1260. The van der Waals surface area contributed by atoms with Gasteiger partial charge in [-0.2, -0.15) is 0 Å². The third-order valence-electron chi connectivity index (χ3n) is 6.28. The van der Waals surface area contributed by atoms with E-state index in [0.717, 1.165) is 42.4 Å². The molecule has 2 aromatic heterocycles. The van der Waals surface area contributed by atoms with E-state index < -0.39 is 0 Å². The number of benzene rings is 2. The lowest BCUT2D eigenvalue weighted by Crippen LogP contribution is -2.31. The Kier molecular flexibility index (Phi) is 5.87. The molecule has 160 valence electrons. The van der Waals surface area contributed by atoms with E-state index >= 15 is 0 Å². The minimum Gasteiger partial charge on any atom is -0.384 e. The van der Waals surface area contributed by atoms with Crippen LogP contribution in [0.25, 0.3) is 10.9 Å². The Morgan fingerprint density at radius 3 is 2.58 bits per heavy atom. The van der Waals surface area contributed by atoms with Crippen LogP contribution in [0, 0.1) is 13.8 Å². The summed E-state index contributed by atoms with van der Waals surface area (Å²) in [5.41, 5.74) is 13.9. The molecule has 0 aliphatic carbocycles. The van der Waals surface area contributed by atoms with E-state index in [1.807, 2.05) is 24.3 Å². The first-order valence-electron chi connectivity index (χ1n) is 10.3. The molecule has 0 spiro atoms. The monoisotopic (exact) mass is 452 g/mol. The highest BCUT2D eigenvalue weighted by Crippen LogP contribution is 2.36. The van der Waals surface area contributed by atoms with Crippen molar-refractivity contribution in [1.29, 1.82) is 0 Å². The molecule has 31 heavy (non-hydrogen) atoms. The summed E-state index contributed by atoms with van der Waals surface area (Å²) in [6.07, 6.45) is 1.01. The van der Waals surface area contributed by atoms with Crippen molar-refractivity contribution in [2.45, 2.75) is 33.4 Å². The normalized spacial score (nSPS) is 13.2.